The Bertz CT molecular complexity index is 614. The van der Waals surface area contributed by atoms with Gasteiger partial charge < -0.3 is 10.7 Å². The number of aromatic amines is 2. The third kappa shape index (κ3) is 2.17. The zero-order valence-electron chi connectivity index (χ0n) is 8.36. The highest BCUT2D eigenvalue weighted by Gasteiger charge is 2.02. The summed E-state index contributed by atoms with van der Waals surface area (Å²) >= 11 is 0. The van der Waals surface area contributed by atoms with E-state index in [1.807, 2.05) is 0 Å². The molecule has 0 aliphatic carbocycles. The molecule has 4 N–H and O–H groups in total. The van der Waals surface area contributed by atoms with Gasteiger partial charge in [0.05, 0.1) is 0 Å². The van der Waals surface area contributed by atoms with E-state index in [1.54, 1.807) is 6.07 Å². The molecule has 2 aromatic heterocycles. The molecule has 0 saturated heterocycles. The Morgan fingerprint density at radius 1 is 1.38 bits per heavy atom. The van der Waals surface area contributed by atoms with Gasteiger partial charge in [0.15, 0.2) is 5.95 Å². The van der Waals surface area contributed by atoms with Crippen LogP contribution in [0.2, 0.25) is 0 Å². The molecule has 0 aliphatic heterocycles. The summed E-state index contributed by atoms with van der Waals surface area (Å²) in [5.74, 6) is 0.0830. The number of aromatic nitrogens is 3. The van der Waals surface area contributed by atoms with Crippen LogP contribution in [0.1, 0.15) is 11.1 Å². The van der Waals surface area contributed by atoms with Crippen molar-refractivity contribution in [2.24, 2.45) is 0 Å². The molecule has 6 nitrogen and oxygen atoms in total. The predicted molar refractivity (Wildman–Crippen MR) is 59.1 cm³/mol. The summed E-state index contributed by atoms with van der Waals surface area (Å²) in [6.07, 6.45) is 3.30. The summed E-state index contributed by atoms with van der Waals surface area (Å²) in [6, 6.07) is 3.17. The van der Waals surface area contributed by atoms with Crippen LogP contribution in [-0.4, -0.2) is 15.0 Å². The summed E-state index contributed by atoms with van der Waals surface area (Å²) in [5, 5.41) is 0. The van der Waals surface area contributed by atoms with E-state index < -0.39 is 0 Å². The van der Waals surface area contributed by atoms with Gasteiger partial charge in [-0.3, -0.25) is 14.6 Å². The van der Waals surface area contributed by atoms with Crippen LogP contribution >= 0.6 is 0 Å². The highest BCUT2D eigenvalue weighted by Crippen LogP contribution is 2.01. The molecule has 0 saturated carbocycles. The Hall–Kier alpha value is -2.37. The molecular formula is C10H10N4O2. The van der Waals surface area contributed by atoms with Gasteiger partial charge in [-0.1, -0.05) is 0 Å². The minimum atomic E-state index is -0.284. The summed E-state index contributed by atoms with van der Waals surface area (Å²) in [7, 11) is 0. The minimum absolute atomic E-state index is 0.0830. The first-order valence-electron chi connectivity index (χ1n) is 4.66. The van der Waals surface area contributed by atoms with Crippen molar-refractivity contribution in [2.45, 2.75) is 6.42 Å². The number of hydrogen-bond donors (Lipinski definition) is 3. The Kier molecular flexibility index (Phi) is 2.55. The maximum absolute atomic E-state index is 11.5. The van der Waals surface area contributed by atoms with Gasteiger partial charge in [-0.15, -0.1) is 0 Å². The second-order valence-electron chi connectivity index (χ2n) is 3.36. The third-order valence-electron chi connectivity index (χ3n) is 2.13. The molecule has 0 fully saturated rings. The van der Waals surface area contributed by atoms with E-state index in [2.05, 4.69) is 15.0 Å². The van der Waals surface area contributed by atoms with Gasteiger partial charge in [0.2, 0.25) is 5.56 Å². The van der Waals surface area contributed by atoms with Crippen molar-refractivity contribution in [3.05, 3.63) is 56.4 Å². The van der Waals surface area contributed by atoms with E-state index in [-0.39, 0.29) is 17.1 Å². The molecule has 16 heavy (non-hydrogen) atoms. The number of H-pyrrole nitrogens is 2. The largest absolute Gasteiger partial charge is 0.369 e. The van der Waals surface area contributed by atoms with E-state index in [4.69, 9.17) is 5.73 Å². The number of hydrogen-bond acceptors (Lipinski definition) is 4. The standard InChI is InChI=1S/C10H10N4O2/c11-10-13-5-7(9(16)14-10)3-6-1-2-12-8(15)4-6/h1-2,4-5H,3H2,(H,12,15)(H3,11,13,14,16). The van der Waals surface area contributed by atoms with Crippen molar-refractivity contribution in [1.29, 1.82) is 0 Å². The zero-order chi connectivity index (χ0) is 11.5. The van der Waals surface area contributed by atoms with Crippen LogP contribution < -0.4 is 16.9 Å². The fourth-order valence-corrected chi connectivity index (χ4v) is 1.38. The molecule has 6 heteroatoms. The van der Waals surface area contributed by atoms with Gasteiger partial charge >= 0.3 is 0 Å². The first-order valence-corrected chi connectivity index (χ1v) is 4.66. The van der Waals surface area contributed by atoms with Crippen LogP contribution in [-0.2, 0) is 6.42 Å². The van der Waals surface area contributed by atoms with Crippen LogP contribution in [0.5, 0.6) is 0 Å². The quantitative estimate of drug-likeness (QED) is 0.639. The van der Waals surface area contributed by atoms with Crippen LogP contribution in [0.4, 0.5) is 5.95 Å². The summed E-state index contributed by atoms with van der Waals surface area (Å²) in [5.41, 5.74) is 6.06. The lowest BCUT2D eigenvalue weighted by atomic mass is 10.1. The average molecular weight is 218 g/mol. The van der Waals surface area contributed by atoms with Crippen LogP contribution in [0.3, 0.4) is 0 Å². The molecule has 0 aromatic carbocycles. The van der Waals surface area contributed by atoms with Crippen molar-refractivity contribution in [2.75, 3.05) is 5.73 Å². The van der Waals surface area contributed by atoms with Gasteiger partial charge in [0.1, 0.15) is 0 Å². The number of nitrogens with zero attached hydrogens (tertiary/aromatic N) is 1. The molecule has 2 heterocycles. The Balaban J connectivity index is 2.34. The maximum atomic E-state index is 11.5. The van der Waals surface area contributed by atoms with Crippen molar-refractivity contribution in [3.63, 3.8) is 0 Å². The Labute approximate surface area is 90.2 Å². The predicted octanol–water partition coefficient (Wildman–Crippen LogP) is -0.369. The lowest BCUT2D eigenvalue weighted by Crippen LogP contribution is -2.16. The van der Waals surface area contributed by atoms with Gasteiger partial charge in [-0.25, -0.2) is 4.98 Å². The number of pyridine rings is 1. The third-order valence-corrected chi connectivity index (χ3v) is 2.13. The minimum Gasteiger partial charge on any atom is -0.369 e. The molecule has 82 valence electrons. The summed E-state index contributed by atoms with van der Waals surface area (Å²) in [6.45, 7) is 0. The number of nitrogens with two attached hydrogens (primary N) is 1. The fourth-order valence-electron chi connectivity index (χ4n) is 1.38. The molecule has 0 bridgehead atoms. The second kappa shape index (κ2) is 4.01. The van der Waals surface area contributed by atoms with E-state index in [1.165, 1.54) is 18.5 Å². The number of rotatable bonds is 2. The molecule has 0 spiro atoms. The van der Waals surface area contributed by atoms with Crippen molar-refractivity contribution < 1.29 is 0 Å². The lowest BCUT2D eigenvalue weighted by molar-refractivity contribution is 1.03. The fraction of sp³-hybridized carbons (Fsp3) is 0.100. The number of nitrogens with one attached hydrogen (secondary N) is 2. The summed E-state index contributed by atoms with van der Waals surface area (Å²) < 4.78 is 0. The topological polar surface area (TPSA) is 105 Å². The molecule has 0 unspecified atom stereocenters. The number of anilines is 1. The van der Waals surface area contributed by atoms with Crippen molar-refractivity contribution >= 4 is 5.95 Å². The number of nitrogen functional groups attached to an aromatic ring is 1. The van der Waals surface area contributed by atoms with Crippen LogP contribution in [0.15, 0.2) is 34.1 Å². The van der Waals surface area contributed by atoms with E-state index in [9.17, 15) is 9.59 Å². The molecule has 2 rings (SSSR count). The molecule has 0 aliphatic rings. The Morgan fingerprint density at radius 2 is 2.19 bits per heavy atom. The monoisotopic (exact) mass is 218 g/mol. The first-order chi connectivity index (χ1) is 7.65. The average Bonchev–Trinajstić information content (AvgIpc) is 2.22. The van der Waals surface area contributed by atoms with Gasteiger partial charge in [0, 0.05) is 30.4 Å². The highest BCUT2D eigenvalue weighted by atomic mass is 16.1. The maximum Gasteiger partial charge on any atom is 0.255 e. The van der Waals surface area contributed by atoms with Crippen LogP contribution in [0.25, 0.3) is 0 Å². The highest BCUT2D eigenvalue weighted by molar-refractivity contribution is 5.23. The smallest absolute Gasteiger partial charge is 0.255 e. The molecule has 0 atom stereocenters. The van der Waals surface area contributed by atoms with E-state index in [0.29, 0.717) is 12.0 Å². The van der Waals surface area contributed by atoms with Gasteiger partial charge in [-0.05, 0) is 11.6 Å². The Morgan fingerprint density at radius 3 is 2.88 bits per heavy atom. The van der Waals surface area contributed by atoms with Crippen LogP contribution in [0, 0.1) is 0 Å². The zero-order valence-corrected chi connectivity index (χ0v) is 8.36. The molecule has 0 radical (unpaired) electrons. The lowest BCUT2D eigenvalue weighted by Gasteiger charge is -2.00. The van der Waals surface area contributed by atoms with Gasteiger partial charge in [-0.2, -0.15) is 0 Å². The molecular weight excluding hydrogens is 208 g/mol. The SMILES string of the molecule is Nc1ncc(Cc2cc[nH]c(=O)c2)c(=O)[nH]1. The van der Waals surface area contributed by atoms with Gasteiger partial charge in [0.25, 0.3) is 5.56 Å². The van der Waals surface area contributed by atoms with Crippen molar-refractivity contribution in [1.82, 2.24) is 15.0 Å². The summed E-state index contributed by atoms with van der Waals surface area (Å²) in [4.78, 5) is 31.2. The van der Waals surface area contributed by atoms with E-state index >= 15 is 0 Å². The molecule has 0 amide bonds. The second-order valence-corrected chi connectivity index (χ2v) is 3.36. The normalized spacial score (nSPS) is 10.2. The first kappa shape index (κ1) is 10.2. The molecule has 2 aromatic rings. The van der Waals surface area contributed by atoms with Crippen molar-refractivity contribution in [3.8, 4) is 0 Å². The van der Waals surface area contributed by atoms with E-state index in [0.717, 1.165) is 5.56 Å².